The Bertz CT molecular complexity index is 355. The molecule has 0 aliphatic heterocycles. The molecule has 1 rings (SSSR count). The molecule has 4 nitrogen and oxygen atoms in total. The van der Waals surface area contributed by atoms with E-state index in [0.717, 1.165) is 6.07 Å². The number of hydrogen-bond acceptors (Lipinski definition) is 3. The van der Waals surface area contributed by atoms with Crippen LogP contribution in [0.25, 0.3) is 0 Å². The highest BCUT2D eigenvalue weighted by atomic mass is 19.1. The number of rotatable bonds is 3. The predicted molar refractivity (Wildman–Crippen MR) is 49.3 cm³/mol. The molecule has 0 spiro atoms. The van der Waals surface area contributed by atoms with Crippen molar-refractivity contribution in [3.05, 3.63) is 35.1 Å². The van der Waals surface area contributed by atoms with Crippen LogP contribution in [0, 0.1) is 5.82 Å². The van der Waals surface area contributed by atoms with Gasteiger partial charge in [0, 0.05) is 18.2 Å². The summed E-state index contributed by atoms with van der Waals surface area (Å²) in [5.74, 6) is -1.84. The summed E-state index contributed by atoms with van der Waals surface area (Å²) in [5.41, 5.74) is 10.6. The summed E-state index contributed by atoms with van der Waals surface area (Å²) in [6, 6.07) is 3.00. The first-order valence-electron chi connectivity index (χ1n) is 4.05. The van der Waals surface area contributed by atoms with E-state index in [1.54, 1.807) is 0 Å². The number of carboxylic acids is 1. The first-order chi connectivity index (χ1) is 6.57. The van der Waals surface area contributed by atoms with E-state index in [1.165, 1.54) is 12.1 Å². The van der Waals surface area contributed by atoms with Crippen molar-refractivity contribution < 1.29 is 14.3 Å². The Morgan fingerprint density at radius 2 is 2.21 bits per heavy atom. The third-order valence-electron chi connectivity index (χ3n) is 1.91. The average molecular weight is 198 g/mol. The minimum Gasteiger partial charge on any atom is -0.478 e. The lowest BCUT2D eigenvalue weighted by Crippen LogP contribution is -2.24. The Kier molecular flexibility index (Phi) is 3.16. The summed E-state index contributed by atoms with van der Waals surface area (Å²) in [6.45, 7) is 0.00120. The zero-order valence-electron chi connectivity index (χ0n) is 7.40. The molecule has 1 atom stereocenters. The van der Waals surface area contributed by atoms with E-state index in [2.05, 4.69) is 0 Å². The highest BCUT2D eigenvalue weighted by molar-refractivity contribution is 5.89. The van der Waals surface area contributed by atoms with Gasteiger partial charge in [0.05, 0.1) is 5.56 Å². The molecule has 0 saturated carbocycles. The van der Waals surface area contributed by atoms with Gasteiger partial charge < -0.3 is 16.6 Å². The highest BCUT2D eigenvalue weighted by Crippen LogP contribution is 2.19. The number of hydrogen-bond donors (Lipinski definition) is 3. The van der Waals surface area contributed by atoms with Gasteiger partial charge in [0.15, 0.2) is 0 Å². The molecule has 0 saturated heterocycles. The summed E-state index contributed by atoms with van der Waals surface area (Å²) in [6.07, 6.45) is 0. The summed E-state index contributed by atoms with van der Waals surface area (Å²) in [5, 5.41) is 8.77. The van der Waals surface area contributed by atoms with Gasteiger partial charge in [-0.1, -0.05) is 6.07 Å². The highest BCUT2D eigenvalue weighted by Gasteiger charge is 2.18. The van der Waals surface area contributed by atoms with Crippen molar-refractivity contribution in [3.63, 3.8) is 0 Å². The van der Waals surface area contributed by atoms with Crippen molar-refractivity contribution in [1.29, 1.82) is 0 Å². The molecule has 5 N–H and O–H groups in total. The minimum absolute atomic E-state index is 0.00120. The van der Waals surface area contributed by atoms with Crippen LogP contribution in [0.5, 0.6) is 0 Å². The van der Waals surface area contributed by atoms with Gasteiger partial charge in [0.1, 0.15) is 5.82 Å². The molecule has 1 aromatic carbocycles. The molecule has 76 valence electrons. The summed E-state index contributed by atoms with van der Waals surface area (Å²) in [4.78, 5) is 10.7. The molecule has 0 fully saturated rings. The first-order valence-corrected chi connectivity index (χ1v) is 4.05. The van der Waals surface area contributed by atoms with Crippen LogP contribution in [0.2, 0.25) is 0 Å². The maximum absolute atomic E-state index is 13.2. The van der Waals surface area contributed by atoms with Gasteiger partial charge in [-0.2, -0.15) is 0 Å². The zero-order chi connectivity index (χ0) is 10.7. The van der Waals surface area contributed by atoms with Crippen LogP contribution in [0.3, 0.4) is 0 Å². The first kappa shape index (κ1) is 10.6. The van der Waals surface area contributed by atoms with Crippen molar-refractivity contribution in [1.82, 2.24) is 0 Å². The fourth-order valence-corrected chi connectivity index (χ4v) is 1.22. The second-order valence-electron chi connectivity index (χ2n) is 2.85. The monoisotopic (exact) mass is 198 g/mol. The normalized spacial score (nSPS) is 12.5. The fourth-order valence-electron chi connectivity index (χ4n) is 1.22. The van der Waals surface area contributed by atoms with Crippen LogP contribution >= 0.6 is 0 Å². The van der Waals surface area contributed by atoms with Gasteiger partial charge in [0.2, 0.25) is 0 Å². The van der Waals surface area contributed by atoms with Crippen LogP contribution < -0.4 is 11.5 Å². The quantitative estimate of drug-likeness (QED) is 0.659. The van der Waals surface area contributed by atoms with Gasteiger partial charge in [-0.05, 0) is 12.1 Å². The van der Waals surface area contributed by atoms with E-state index in [4.69, 9.17) is 16.6 Å². The Morgan fingerprint density at radius 1 is 1.57 bits per heavy atom. The molecule has 5 heteroatoms. The molecule has 0 unspecified atom stereocenters. The Hall–Kier alpha value is -1.46. The van der Waals surface area contributed by atoms with Gasteiger partial charge in [-0.25, -0.2) is 9.18 Å². The lowest BCUT2D eigenvalue weighted by atomic mass is 10.0. The van der Waals surface area contributed by atoms with Crippen molar-refractivity contribution in [3.8, 4) is 0 Å². The van der Waals surface area contributed by atoms with Crippen molar-refractivity contribution in [2.24, 2.45) is 11.5 Å². The third kappa shape index (κ3) is 1.89. The molecule has 0 bridgehead atoms. The number of nitrogens with two attached hydrogens (primary N) is 2. The SMILES string of the molecule is NC[C@H](N)c1c(F)cccc1C(=O)O. The summed E-state index contributed by atoms with van der Waals surface area (Å²) >= 11 is 0. The molecular formula is C9H11FN2O2. The topological polar surface area (TPSA) is 89.3 Å². The lowest BCUT2D eigenvalue weighted by molar-refractivity contribution is 0.0694. The lowest BCUT2D eigenvalue weighted by Gasteiger charge is -2.12. The zero-order valence-corrected chi connectivity index (χ0v) is 7.40. The largest absolute Gasteiger partial charge is 0.478 e. The van der Waals surface area contributed by atoms with E-state index >= 15 is 0 Å². The van der Waals surface area contributed by atoms with Crippen molar-refractivity contribution >= 4 is 5.97 Å². The molecule has 14 heavy (non-hydrogen) atoms. The molecule has 0 radical (unpaired) electrons. The second kappa shape index (κ2) is 4.17. The maximum atomic E-state index is 13.2. The molecule has 0 aliphatic carbocycles. The molecule has 0 aromatic heterocycles. The molecule has 0 aliphatic rings. The van der Waals surface area contributed by atoms with E-state index in [1.807, 2.05) is 0 Å². The van der Waals surface area contributed by atoms with Crippen molar-refractivity contribution in [2.75, 3.05) is 6.54 Å². The van der Waals surface area contributed by atoms with Crippen LogP contribution in [-0.4, -0.2) is 17.6 Å². The van der Waals surface area contributed by atoms with Crippen LogP contribution in [0.15, 0.2) is 18.2 Å². The van der Waals surface area contributed by atoms with E-state index in [-0.39, 0.29) is 17.7 Å². The molecule has 0 heterocycles. The third-order valence-corrected chi connectivity index (χ3v) is 1.91. The van der Waals surface area contributed by atoms with E-state index < -0.39 is 17.8 Å². The fraction of sp³-hybridized carbons (Fsp3) is 0.222. The maximum Gasteiger partial charge on any atom is 0.336 e. The molecular weight excluding hydrogens is 187 g/mol. The standard InChI is InChI=1S/C9H11FN2O2/c10-6-3-1-2-5(9(13)14)8(6)7(12)4-11/h1-3,7H,4,11-12H2,(H,13,14)/t7-/m0/s1. The number of aromatic carboxylic acids is 1. The van der Waals surface area contributed by atoms with Gasteiger partial charge in [-0.15, -0.1) is 0 Å². The number of halogens is 1. The predicted octanol–water partition coefficient (Wildman–Crippen LogP) is 0.482. The number of carbonyl (C=O) groups is 1. The van der Waals surface area contributed by atoms with Crippen LogP contribution in [0.1, 0.15) is 22.0 Å². The van der Waals surface area contributed by atoms with E-state index in [9.17, 15) is 9.18 Å². The Balaban J connectivity index is 3.29. The average Bonchev–Trinajstić information content (AvgIpc) is 2.16. The summed E-state index contributed by atoms with van der Waals surface area (Å²) < 4.78 is 13.2. The van der Waals surface area contributed by atoms with Gasteiger partial charge in [0.25, 0.3) is 0 Å². The van der Waals surface area contributed by atoms with Crippen LogP contribution in [-0.2, 0) is 0 Å². The van der Waals surface area contributed by atoms with Gasteiger partial charge in [-0.3, -0.25) is 0 Å². The van der Waals surface area contributed by atoms with E-state index in [0.29, 0.717) is 0 Å². The Labute approximate surface area is 80.3 Å². The van der Waals surface area contributed by atoms with Crippen molar-refractivity contribution in [2.45, 2.75) is 6.04 Å². The smallest absolute Gasteiger partial charge is 0.336 e. The molecule has 1 aromatic rings. The van der Waals surface area contributed by atoms with Gasteiger partial charge >= 0.3 is 5.97 Å². The Morgan fingerprint density at radius 3 is 2.71 bits per heavy atom. The minimum atomic E-state index is -1.21. The second-order valence-corrected chi connectivity index (χ2v) is 2.85. The number of benzene rings is 1. The number of carboxylic acid groups (broad SMARTS) is 1. The summed E-state index contributed by atoms with van der Waals surface area (Å²) in [7, 11) is 0. The van der Waals surface area contributed by atoms with Crippen LogP contribution in [0.4, 0.5) is 4.39 Å². The molecule has 0 amide bonds.